The number of hydrogen-bond acceptors (Lipinski definition) is 3. The van der Waals surface area contributed by atoms with E-state index in [1.807, 2.05) is 40.1 Å². The summed E-state index contributed by atoms with van der Waals surface area (Å²) in [5.74, 6) is 0.616. The summed E-state index contributed by atoms with van der Waals surface area (Å²) in [7, 11) is 0. The first-order valence-electron chi connectivity index (χ1n) is 10.7. The number of likely N-dealkylation sites (tertiary alicyclic amines) is 2. The molecule has 0 aromatic heterocycles. The highest BCUT2D eigenvalue weighted by Crippen LogP contribution is 2.46. The second kappa shape index (κ2) is 8.60. The predicted molar refractivity (Wildman–Crippen MR) is 116 cm³/mol. The topological polar surface area (TPSA) is 60.9 Å². The van der Waals surface area contributed by atoms with Crippen LogP contribution in [0.25, 0.3) is 0 Å². The maximum atomic E-state index is 13.0. The molecule has 2 aromatic carbocycles. The first-order chi connectivity index (χ1) is 14.5. The van der Waals surface area contributed by atoms with E-state index in [0.717, 1.165) is 50.1 Å². The van der Waals surface area contributed by atoms with Crippen molar-refractivity contribution in [3.63, 3.8) is 0 Å². The van der Waals surface area contributed by atoms with E-state index in [1.165, 1.54) is 5.56 Å². The minimum absolute atomic E-state index is 0.0125. The second-order valence-corrected chi connectivity index (χ2v) is 8.87. The Kier molecular flexibility index (Phi) is 5.91. The highest BCUT2D eigenvalue weighted by molar-refractivity contribution is 5.79. The van der Waals surface area contributed by atoms with Crippen LogP contribution in [0.2, 0.25) is 0 Å². The van der Waals surface area contributed by atoms with Gasteiger partial charge in [-0.05, 0) is 29.5 Å². The largest absolute Gasteiger partial charge is 0.392 e. The minimum atomic E-state index is -0.0160. The van der Waals surface area contributed by atoms with Crippen LogP contribution in [0.3, 0.4) is 0 Å². The van der Waals surface area contributed by atoms with E-state index in [9.17, 15) is 14.7 Å². The third-order valence-electron chi connectivity index (χ3n) is 6.87. The van der Waals surface area contributed by atoms with Gasteiger partial charge in [0.05, 0.1) is 13.0 Å². The van der Waals surface area contributed by atoms with Crippen molar-refractivity contribution in [1.82, 2.24) is 9.80 Å². The van der Waals surface area contributed by atoms with Gasteiger partial charge in [-0.3, -0.25) is 9.59 Å². The number of carbonyl (C=O) groups excluding carboxylic acids is 2. The SMILES string of the molecule is CC(=O)N1C[C@@H]2CN(C(=O)Cc3ccc(CO)cc3)C[C@]2(CCc2ccccc2)C1. The van der Waals surface area contributed by atoms with E-state index in [0.29, 0.717) is 12.3 Å². The molecule has 2 aliphatic heterocycles. The number of nitrogens with zero attached hydrogens (tertiary/aromatic N) is 2. The van der Waals surface area contributed by atoms with Gasteiger partial charge in [0.25, 0.3) is 0 Å². The van der Waals surface area contributed by atoms with E-state index in [2.05, 4.69) is 24.3 Å². The smallest absolute Gasteiger partial charge is 0.227 e. The quantitative estimate of drug-likeness (QED) is 0.802. The molecular formula is C25H30N2O3. The number of benzene rings is 2. The van der Waals surface area contributed by atoms with Crippen molar-refractivity contribution in [3.05, 3.63) is 71.3 Å². The van der Waals surface area contributed by atoms with E-state index in [1.54, 1.807) is 6.92 Å². The zero-order chi connectivity index (χ0) is 21.1. The predicted octanol–water partition coefficient (Wildman–Crippen LogP) is 2.66. The van der Waals surface area contributed by atoms with Crippen molar-refractivity contribution in [2.24, 2.45) is 11.3 Å². The highest BCUT2D eigenvalue weighted by Gasteiger charge is 2.53. The molecule has 2 fully saturated rings. The number of aliphatic hydroxyl groups is 1. The average molecular weight is 407 g/mol. The molecule has 2 aromatic rings. The average Bonchev–Trinajstić information content (AvgIpc) is 3.28. The fraction of sp³-hybridized carbons (Fsp3) is 0.440. The molecule has 2 amide bonds. The summed E-state index contributed by atoms with van der Waals surface area (Å²) in [5, 5.41) is 9.19. The molecule has 0 unspecified atom stereocenters. The highest BCUT2D eigenvalue weighted by atomic mass is 16.3. The van der Waals surface area contributed by atoms with Gasteiger partial charge in [-0.1, -0.05) is 54.6 Å². The van der Waals surface area contributed by atoms with Gasteiger partial charge in [-0.25, -0.2) is 0 Å². The minimum Gasteiger partial charge on any atom is -0.392 e. The Bertz CT molecular complexity index is 896. The Hall–Kier alpha value is -2.66. The molecule has 0 bridgehead atoms. The molecule has 2 aliphatic rings. The van der Waals surface area contributed by atoms with Crippen LogP contribution in [0.4, 0.5) is 0 Å². The molecule has 0 radical (unpaired) electrons. The molecule has 30 heavy (non-hydrogen) atoms. The summed E-state index contributed by atoms with van der Waals surface area (Å²) in [6.07, 6.45) is 2.33. The standard InChI is InChI=1S/C25H30N2O3/c1-19(29)26-14-23-15-27(24(30)13-21-7-9-22(16-28)10-8-21)18-25(23,17-26)12-11-20-5-3-2-4-6-20/h2-10,23,28H,11-18H2,1H3/t23-,25+/m1/s1. The van der Waals surface area contributed by atoms with Crippen molar-refractivity contribution < 1.29 is 14.7 Å². The number of fused-ring (bicyclic) bond motifs is 1. The van der Waals surface area contributed by atoms with Crippen molar-refractivity contribution in [3.8, 4) is 0 Å². The Labute approximate surface area is 178 Å². The number of carbonyl (C=O) groups is 2. The van der Waals surface area contributed by atoms with Crippen molar-refractivity contribution >= 4 is 11.8 Å². The molecule has 2 heterocycles. The number of aryl methyl sites for hydroxylation is 1. The van der Waals surface area contributed by atoms with Crippen LogP contribution >= 0.6 is 0 Å². The molecule has 5 nitrogen and oxygen atoms in total. The first kappa shape index (κ1) is 20.6. The van der Waals surface area contributed by atoms with Crippen LogP contribution in [0, 0.1) is 11.3 Å². The van der Waals surface area contributed by atoms with Gasteiger partial charge < -0.3 is 14.9 Å². The Morgan fingerprint density at radius 1 is 0.933 bits per heavy atom. The van der Waals surface area contributed by atoms with E-state index in [4.69, 9.17) is 0 Å². The summed E-state index contributed by atoms with van der Waals surface area (Å²) < 4.78 is 0. The molecule has 4 rings (SSSR count). The third-order valence-corrected chi connectivity index (χ3v) is 6.87. The summed E-state index contributed by atoms with van der Waals surface area (Å²) in [6.45, 7) is 4.60. The summed E-state index contributed by atoms with van der Waals surface area (Å²) in [4.78, 5) is 29.0. The molecular weight excluding hydrogens is 376 g/mol. The van der Waals surface area contributed by atoms with Crippen LogP contribution in [0.5, 0.6) is 0 Å². The maximum Gasteiger partial charge on any atom is 0.227 e. The lowest BCUT2D eigenvalue weighted by molar-refractivity contribution is -0.130. The van der Waals surface area contributed by atoms with Gasteiger partial charge in [-0.2, -0.15) is 0 Å². The number of amides is 2. The van der Waals surface area contributed by atoms with Gasteiger partial charge >= 0.3 is 0 Å². The van der Waals surface area contributed by atoms with E-state index < -0.39 is 0 Å². The molecule has 0 aliphatic carbocycles. The molecule has 2 atom stereocenters. The maximum absolute atomic E-state index is 13.0. The monoisotopic (exact) mass is 406 g/mol. The Morgan fingerprint density at radius 3 is 2.23 bits per heavy atom. The van der Waals surface area contributed by atoms with Crippen LogP contribution < -0.4 is 0 Å². The molecule has 0 saturated carbocycles. The Morgan fingerprint density at radius 2 is 1.57 bits per heavy atom. The Balaban J connectivity index is 1.45. The zero-order valence-electron chi connectivity index (χ0n) is 17.6. The van der Waals surface area contributed by atoms with Gasteiger partial charge in [0.1, 0.15) is 0 Å². The first-order valence-corrected chi connectivity index (χ1v) is 10.7. The third kappa shape index (κ3) is 4.26. The number of aliphatic hydroxyl groups excluding tert-OH is 1. The fourth-order valence-electron chi connectivity index (χ4n) is 5.05. The second-order valence-electron chi connectivity index (χ2n) is 8.87. The van der Waals surface area contributed by atoms with Gasteiger partial charge in [0, 0.05) is 44.4 Å². The van der Waals surface area contributed by atoms with E-state index in [-0.39, 0.29) is 23.8 Å². The number of rotatable bonds is 6. The van der Waals surface area contributed by atoms with Crippen molar-refractivity contribution in [1.29, 1.82) is 0 Å². The van der Waals surface area contributed by atoms with Crippen LogP contribution in [0.15, 0.2) is 54.6 Å². The molecule has 0 spiro atoms. The van der Waals surface area contributed by atoms with Crippen LogP contribution in [-0.4, -0.2) is 52.9 Å². The zero-order valence-corrected chi connectivity index (χ0v) is 17.6. The summed E-state index contributed by atoms with van der Waals surface area (Å²) >= 11 is 0. The molecule has 1 N–H and O–H groups in total. The fourth-order valence-corrected chi connectivity index (χ4v) is 5.05. The van der Waals surface area contributed by atoms with Crippen molar-refractivity contribution in [2.45, 2.75) is 32.8 Å². The molecule has 2 saturated heterocycles. The van der Waals surface area contributed by atoms with Gasteiger partial charge in [-0.15, -0.1) is 0 Å². The summed E-state index contributed by atoms with van der Waals surface area (Å²) in [5.41, 5.74) is 3.11. The van der Waals surface area contributed by atoms with Crippen molar-refractivity contribution in [2.75, 3.05) is 26.2 Å². The lowest BCUT2D eigenvalue weighted by atomic mass is 9.76. The van der Waals surface area contributed by atoms with E-state index >= 15 is 0 Å². The van der Waals surface area contributed by atoms with Crippen LogP contribution in [-0.2, 0) is 29.0 Å². The lowest BCUT2D eigenvalue weighted by Gasteiger charge is -2.29. The normalized spacial score (nSPS) is 22.9. The molecule has 158 valence electrons. The van der Waals surface area contributed by atoms with Gasteiger partial charge in [0.15, 0.2) is 0 Å². The molecule has 5 heteroatoms. The number of hydrogen-bond donors (Lipinski definition) is 1. The summed E-state index contributed by atoms with van der Waals surface area (Å²) in [6, 6.07) is 18.0. The van der Waals surface area contributed by atoms with Gasteiger partial charge in [0.2, 0.25) is 11.8 Å². The van der Waals surface area contributed by atoms with Crippen LogP contribution in [0.1, 0.15) is 30.0 Å². The lowest BCUT2D eigenvalue weighted by Crippen LogP contribution is -2.38.